The lowest BCUT2D eigenvalue weighted by Gasteiger charge is -2.23. The Morgan fingerprint density at radius 2 is 1.44 bits per heavy atom. The molecule has 4 heteroatoms. The Morgan fingerprint density at radius 1 is 0.815 bits per heavy atom. The van der Waals surface area contributed by atoms with Crippen LogP contribution in [-0.4, -0.2) is 12.6 Å². The summed E-state index contributed by atoms with van der Waals surface area (Å²) < 4.78 is 31.5. The molecule has 0 radical (unpaired) electrons. The predicted molar refractivity (Wildman–Crippen MR) is 111 cm³/mol. The molecule has 0 unspecified atom stereocenters. The quantitative estimate of drug-likeness (QED) is 0.451. The Labute approximate surface area is 158 Å². The van der Waals surface area contributed by atoms with E-state index in [0.29, 0.717) is 17.1 Å². The number of halogens is 2. The average Bonchev–Trinajstić information content (AvgIpc) is 2.95. The molecule has 1 heterocycles. The minimum Gasteiger partial charge on any atom is -0.313 e. The number of fused-ring (bicyclic) bond motifs is 1. The van der Waals surface area contributed by atoms with Crippen molar-refractivity contribution in [1.29, 1.82) is 0 Å². The van der Waals surface area contributed by atoms with Crippen molar-refractivity contribution in [2.45, 2.75) is 19.6 Å². The fraction of sp³-hybridized carbons (Fsp3) is 0.130. The van der Waals surface area contributed by atoms with Crippen LogP contribution in [0.4, 0.5) is 8.78 Å². The van der Waals surface area contributed by atoms with Crippen molar-refractivity contribution in [3.63, 3.8) is 0 Å². The molecule has 136 valence electrons. The van der Waals surface area contributed by atoms with Gasteiger partial charge in [-0.05, 0) is 23.8 Å². The van der Waals surface area contributed by atoms with E-state index >= 15 is 4.39 Å². The van der Waals surface area contributed by atoms with Gasteiger partial charge in [-0.1, -0.05) is 78.9 Å². The summed E-state index contributed by atoms with van der Waals surface area (Å²) in [5, 5.41) is 2.48. The summed E-state index contributed by atoms with van der Waals surface area (Å²) in [5.41, 5.74) is 1.76. The maximum atomic E-state index is 15.8. The number of aromatic nitrogens is 1. The summed E-state index contributed by atoms with van der Waals surface area (Å²) in [6.45, 7) is 4.67. The molecule has 0 aliphatic rings. The van der Waals surface area contributed by atoms with Crippen LogP contribution in [0.2, 0.25) is 13.1 Å². The third-order valence-electron chi connectivity index (χ3n) is 5.27. The van der Waals surface area contributed by atoms with Crippen LogP contribution in [0.3, 0.4) is 0 Å². The summed E-state index contributed by atoms with van der Waals surface area (Å²) in [5.74, 6) is -0.585. The van der Waals surface area contributed by atoms with Gasteiger partial charge in [-0.25, -0.2) is 4.39 Å². The lowest BCUT2D eigenvalue weighted by atomic mass is 10.2. The molecule has 1 aromatic heterocycles. The highest BCUT2D eigenvalue weighted by molar-refractivity contribution is 7.01. The minimum atomic E-state index is -2.35. The van der Waals surface area contributed by atoms with Crippen LogP contribution in [0, 0.1) is 11.8 Å². The molecule has 0 fully saturated rings. The first kappa shape index (κ1) is 17.7. The highest BCUT2D eigenvalue weighted by Gasteiger charge is 2.34. The molecule has 1 nitrogen and oxygen atoms in total. The van der Waals surface area contributed by atoms with E-state index in [-0.39, 0.29) is 11.8 Å². The first-order valence-corrected chi connectivity index (χ1v) is 12.1. The zero-order chi connectivity index (χ0) is 19.0. The van der Waals surface area contributed by atoms with Gasteiger partial charge in [0.25, 0.3) is 0 Å². The number of rotatable bonds is 4. The molecule has 0 atom stereocenters. The van der Waals surface area contributed by atoms with Crippen LogP contribution in [0.5, 0.6) is 0 Å². The van der Waals surface area contributed by atoms with Crippen molar-refractivity contribution in [2.24, 2.45) is 0 Å². The lowest BCUT2D eigenvalue weighted by molar-refractivity contribution is 0.530. The van der Waals surface area contributed by atoms with Gasteiger partial charge in [-0.2, -0.15) is 4.39 Å². The predicted octanol–water partition coefficient (Wildman–Crippen LogP) is 4.79. The Balaban J connectivity index is 1.96. The topological polar surface area (TPSA) is 4.93 Å². The normalized spacial score (nSPS) is 11.9. The molecular formula is C23H21F2NSi. The fourth-order valence-electron chi connectivity index (χ4n) is 3.81. The molecule has 27 heavy (non-hydrogen) atoms. The number of nitrogens with zero attached hydrogens (tertiary/aromatic N) is 1. The average molecular weight is 378 g/mol. The first-order chi connectivity index (χ1) is 13.0. The second-order valence-corrected chi connectivity index (χ2v) is 11.7. The molecule has 4 rings (SSSR count). The highest BCUT2D eigenvalue weighted by atomic mass is 28.3. The molecule has 0 spiro atoms. The van der Waals surface area contributed by atoms with Gasteiger partial charge in [0.05, 0.1) is 12.1 Å². The standard InChI is InChI=1S/C23H21F2NSi/c1-27(2,19-11-7-4-8-12-19)22-20-15-18(24)13-14-21(20)26(23(22)25)16-17-9-5-3-6-10-17/h3-15H,16H2,1-2H3. The third-order valence-corrected chi connectivity index (χ3v) is 8.77. The Morgan fingerprint density at radius 3 is 2.11 bits per heavy atom. The van der Waals surface area contributed by atoms with E-state index < -0.39 is 8.07 Å². The summed E-state index contributed by atoms with van der Waals surface area (Å²) >= 11 is 0. The van der Waals surface area contributed by atoms with E-state index in [0.717, 1.165) is 16.3 Å². The van der Waals surface area contributed by atoms with Crippen molar-refractivity contribution >= 4 is 29.4 Å². The molecular weight excluding hydrogens is 356 g/mol. The van der Waals surface area contributed by atoms with Crippen molar-refractivity contribution in [1.82, 2.24) is 4.57 Å². The molecule has 0 amide bonds. The van der Waals surface area contributed by atoms with Crippen molar-refractivity contribution < 1.29 is 8.78 Å². The summed E-state index contributed by atoms with van der Waals surface area (Å²) in [6, 6.07) is 24.4. The number of hydrogen-bond donors (Lipinski definition) is 0. The van der Waals surface area contributed by atoms with E-state index in [4.69, 9.17) is 0 Å². The van der Waals surface area contributed by atoms with E-state index in [9.17, 15) is 4.39 Å². The van der Waals surface area contributed by atoms with Gasteiger partial charge in [0.15, 0.2) is 5.95 Å². The molecule has 0 saturated heterocycles. The third kappa shape index (κ3) is 3.10. The van der Waals surface area contributed by atoms with E-state index in [1.807, 2.05) is 60.7 Å². The van der Waals surface area contributed by atoms with Gasteiger partial charge in [-0.15, -0.1) is 0 Å². The summed E-state index contributed by atoms with van der Waals surface area (Å²) in [4.78, 5) is 0. The van der Waals surface area contributed by atoms with Crippen molar-refractivity contribution in [2.75, 3.05) is 0 Å². The maximum Gasteiger partial charge on any atom is 0.194 e. The van der Waals surface area contributed by atoms with Crippen molar-refractivity contribution in [3.8, 4) is 0 Å². The van der Waals surface area contributed by atoms with Gasteiger partial charge in [0, 0.05) is 10.6 Å². The van der Waals surface area contributed by atoms with Gasteiger partial charge in [0.1, 0.15) is 13.9 Å². The van der Waals surface area contributed by atoms with Gasteiger partial charge >= 0.3 is 0 Å². The molecule has 3 aromatic carbocycles. The van der Waals surface area contributed by atoms with Crippen LogP contribution >= 0.6 is 0 Å². The molecule has 4 aromatic rings. The summed E-state index contributed by atoms with van der Waals surface area (Å²) in [6.07, 6.45) is 0. The largest absolute Gasteiger partial charge is 0.313 e. The van der Waals surface area contributed by atoms with E-state index in [1.54, 1.807) is 10.6 Å². The lowest BCUT2D eigenvalue weighted by Crippen LogP contribution is -2.54. The zero-order valence-corrected chi connectivity index (χ0v) is 16.4. The second kappa shape index (κ2) is 6.78. The Bertz CT molecular complexity index is 1090. The SMILES string of the molecule is C[Si](C)(c1ccccc1)c1c(F)n(Cc2ccccc2)c2ccc(F)cc12. The van der Waals surface area contributed by atoms with Gasteiger partial charge in [-0.3, -0.25) is 0 Å². The number of benzene rings is 3. The monoisotopic (exact) mass is 377 g/mol. The molecule has 0 aliphatic heterocycles. The Kier molecular flexibility index (Phi) is 4.44. The molecule has 0 saturated carbocycles. The second-order valence-electron chi connectivity index (χ2n) is 7.39. The van der Waals surface area contributed by atoms with Gasteiger partial charge < -0.3 is 4.57 Å². The van der Waals surface area contributed by atoms with Gasteiger partial charge in [0.2, 0.25) is 0 Å². The maximum absolute atomic E-state index is 15.8. The molecule has 0 bridgehead atoms. The summed E-state index contributed by atoms with van der Waals surface area (Å²) in [7, 11) is -2.35. The van der Waals surface area contributed by atoms with Crippen LogP contribution in [0.15, 0.2) is 78.9 Å². The van der Waals surface area contributed by atoms with E-state index in [2.05, 4.69) is 13.1 Å². The van der Waals surface area contributed by atoms with E-state index in [1.165, 1.54) is 12.1 Å². The Hall–Kier alpha value is -2.72. The van der Waals surface area contributed by atoms with Crippen LogP contribution in [0.25, 0.3) is 10.9 Å². The highest BCUT2D eigenvalue weighted by Crippen LogP contribution is 2.24. The van der Waals surface area contributed by atoms with Crippen LogP contribution < -0.4 is 10.4 Å². The molecule has 0 N–H and O–H groups in total. The zero-order valence-electron chi connectivity index (χ0n) is 15.4. The first-order valence-electron chi connectivity index (χ1n) is 9.05. The minimum absolute atomic E-state index is 0.250. The number of hydrogen-bond acceptors (Lipinski definition) is 0. The molecule has 0 aliphatic carbocycles. The van der Waals surface area contributed by atoms with Crippen LogP contribution in [0.1, 0.15) is 5.56 Å². The smallest absolute Gasteiger partial charge is 0.194 e. The van der Waals surface area contributed by atoms with Crippen molar-refractivity contribution in [3.05, 3.63) is 96.2 Å². The van der Waals surface area contributed by atoms with Crippen LogP contribution in [-0.2, 0) is 6.54 Å². The fourth-order valence-corrected chi connectivity index (χ4v) is 6.65.